The van der Waals surface area contributed by atoms with E-state index in [4.69, 9.17) is 0 Å². The Bertz CT molecular complexity index is 540. The van der Waals surface area contributed by atoms with Crippen LogP contribution in [0.1, 0.15) is 35.7 Å². The van der Waals surface area contributed by atoms with Crippen LogP contribution in [-0.2, 0) is 13.0 Å². The van der Waals surface area contributed by atoms with Crippen molar-refractivity contribution in [3.63, 3.8) is 0 Å². The van der Waals surface area contributed by atoms with Gasteiger partial charge in [-0.05, 0) is 43.9 Å². The van der Waals surface area contributed by atoms with Crippen LogP contribution in [0.5, 0.6) is 0 Å². The minimum Gasteiger partial charge on any atom is -0.330 e. The van der Waals surface area contributed by atoms with Gasteiger partial charge < -0.3 is 9.88 Å². The summed E-state index contributed by atoms with van der Waals surface area (Å²) in [5.74, 6) is 0. The maximum atomic E-state index is 4.26. The number of nitrogens with zero attached hydrogens (tertiary/aromatic N) is 2. The highest BCUT2D eigenvalue weighted by Crippen LogP contribution is 2.35. The number of imidazole rings is 1. The van der Waals surface area contributed by atoms with Crippen molar-refractivity contribution in [2.24, 2.45) is 0 Å². The normalized spacial score (nSPS) is 14.8. The summed E-state index contributed by atoms with van der Waals surface area (Å²) < 4.78 is 2.32. The summed E-state index contributed by atoms with van der Waals surface area (Å²) in [6, 6.07) is 9.32. The number of aryl methyl sites for hydroxylation is 1. The lowest BCUT2D eigenvalue weighted by Crippen LogP contribution is -2.19. The van der Waals surface area contributed by atoms with Crippen molar-refractivity contribution < 1.29 is 0 Å². The molecule has 0 radical (unpaired) electrons. The van der Waals surface area contributed by atoms with Gasteiger partial charge in [0.1, 0.15) is 0 Å². The number of hydrogen-bond acceptors (Lipinski definition) is 2. The molecule has 2 aromatic rings. The highest BCUT2D eigenvalue weighted by molar-refractivity contribution is 5.25. The van der Waals surface area contributed by atoms with Crippen LogP contribution >= 0.6 is 0 Å². The predicted molar refractivity (Wildman–Crippen MR) is 77.1 cm³/mol. The SMILES string of the molecule is Cc1ccccc1CCNCc1cncn1C1CC1. The minimum atomic E-state index is 0.718. The van der Waals surface area contributed by atoms with Crippen molar-refractivity contribution in [2.75, 3.05) is 6.54 Å². The van der Waals surface area contributed by atoms with E-state index in [1.165, 1.54) is 29.7 Å². The number of hydrogen-bond donors (Lipinski definition) is 1. The van der Waals surface area contributed by atoms with E-state index in [-0.39, 0.29) is 0 Å². The topological polar surface area (TPSA) is 29.9 Å². The summed E-state index contributed by atoms with van der Waals surface area (Å²) in [5, 5.41) is 3.53. The predicted octanol–water partition coefficient (Wildman–Crippen LogP) is 2.86. The van der Waals surface area contributed by atoms with Crippen LogP contribution in [-0.4, -0.2) is 16.1 Å². The second-order valence-electron chi connectivity index (χ2n) is 5.38. The van der Waals surface area contributed by atoms with Gasteiger partial charge in [-0.1, -0.05) is 24.3 Å². The summed E-state index contributed by atoms with van der Waals surface area (Å²) in [7, 11) is 0. The molecule has 0 unspecified atom stereocenters. The molecule has 1 heterocycles. The van der Waals surface area contributed by atoms with Gasteiger partial charge in [-0.15, -0.1) is 0 Å². The van der Waals surface area contributed by atoms with Crippen LogP contribution in [0.2, 0.25) is 0 Å². The Balaban J connectivity index is 1.48. The van der Waals surface area contributed by atoms with Gasteiger partial charge in [0, 0.05) is 18.8 Å². The molecule has 1 fully saturated rings. The fraction of sp³-hybridized carbons (Fsp3) is 0.438. The Morgan fingerprint density at radius 3 is 2.95 bits per heavy atom. The Hall–Kier alpha value is -1.61. The Labute approximate surface area is 114 Å². The minimum absolute atomic E-state index is 0.718. The van der Waals surface area contributed by atoms with E-state index in [0.717, 1.165) is 25.6 Å². The third-order valence-electron chi connectivity index (χ3n) is 3.83. The van der Waals surface area contributed by atoms with Gasteiger partial charge in [0.15, 0.2) is 0 Å². The van der Waals surface area contributed by atoms with Gasteiger partial charge in [0.05, 0.1) is 12.0 Å². The molecule has 3 rings (SSSR count). The van der Waals surface area contributed by atoms with Gasteiger partial charge >= 0.3 is 0 Å². The first kappa shape index (κ1) is 12.4. The molecule has 1 aromatic carbocycles. The number of nitrogens with one attached hydrogen (secondary N) is 1. The maximum Gasteiger partial charge on any atom is 0.0951 e. The molecule has 0 spiro atoms. The molecule has 0 aliphatic heterocycles. The molecule has 1 saturated carbocycles. The van der Waals surface area contributed by atoms with Crippen molar-refractivity contribution in [3.05, 3.63) is 53.6 Å². The largest absolute Gasteiger partial charge is 0.330 e. The third kappa shape index (κ3) is 3.04. The molecule has 0 saturated heterocycles. The molecule has 0 amide bonds. The highest BCUT2D eigenvalue weighted by atomic mass is 15.1. The van der Waals surface area contributed by atoms with E-state index in [9.17, 15) is 0 Å². The molecular weight excluding hydrogens is 234 g/mol. The monoisotopic (exact) mass is 255 g/mol. The summed E-state index contributed by atoms with van der Waals surface area (Å²) in [6.07, 6.45) is 7.67. The van der Waals surface area contributed by atoms with Crippen molar-refractivity contribution in [1.29, 1.82) is 0 Å². The Morgan fingerprint density at radius 2 is 2.16 bits per heavy atom. The second-order valence-corrected chi connectivity index (χ2v) is 5.38. The average Bonchev–Trinajstić information content (AvgIpc) is 3.16. The lowest BCUT2D eigenvalue weighted by atomic mass is 10.1. The van der Waals surface area contributed by atoms with Gasteiger partial charge in [-0.25, -0.2) is 4.98 Å². The standard InChI is InChI=1S/C16H21N3/c1-13-4-2-3-5-14(13)8-9-17-10-16-11-18-12-19(16)15-6-7-15/h2-5,11-12,15,17H,6-10H2,1H3. The van der Waals surface area contributed by atoms with E-state index in [1.54, 1.807) is 0 Å². The van der Waals surface area contributed by atoms with Gasteiger partial charge in [0.2, 0.25) is 0 Å². The first-order chi connectivity index (χ1) is 9.34. The summed E-state index contributed by atoms with van der Waals surface area (Å²) >= 11 is 0. The lowest BCUT2D eigenvalue weighted by Gasteiger charge is -2.09. The van der Waals surface area contributed by atoms with E-state index < -0.39 is 0 Å². The van der Waals surface area contributed by atoms with Crippen molar-refractivity contribution in [1.82, 2.24) is 14.9 Å². The summed E-state index contributed by atoms with van der Waals surface area (Å²) in [4.78, 5) is 4.26. The molecule has 3 heteroatoms. The lowest BCUT2D eigenvalue weighted by molar-refractivity contribution is 0.620. The number of aromatic nitrogens is 2. The Morgan fingerprint density at radius 1 is 1.32 bits per heavy atom. The first-order valence-electron chi connectivity index (χ1n) is 7.10. The zero-order valence-electron chi connectivity index (χ0n) is 11.5. The number of benzene rings is 1. The molecule has 0 bridgehead atoms. The van der Waals surface area contributed by atoms with Gasteiger partial charge in [-0.3, -0.25) is 0 Å². The van der Waals surface area contributed by atoms with Crippen molar-refractivity contribution in [3.8, 4) is 0 Å². The van der Waals surface area contributed by atoms with Gasteiger partial charge in [-0.2, -0.15) is 0 Å². The molecular formula is C16H21N3. The van der Waals surface area contributed by atoms with E-state index in [1.807, 2.05) is 12.5 Å². The molecule has 1 aliphatic carbocycles. The van der Waals surface area contributed by atoms with Crippen LogP contribution in [0.3, 0.4) is 0 Å². The van der Waals surface area contributed by atoms with Crippen molar-refractivity contribution in [2.45, 2.75) is 38.8 Å². The Kier molecular flexibility index (Phi) is 3.65. The van der Waals surface area contributed by atoms with Crippen LogP contribution in [0.15, 0.2) is 36.8 Å². The van der Waals surface area contributed by atoms with Gasteiger partial charge in [0.25, 0.3) is 0 Å². The van der Waals surface area contributed by atoms with Crippen LogP contribution in [0, 0.1) is 6.92 Å². The van der Waals surface area contributed by atoms with Crippen LogP contribution < -0.4 is 5.32 Å². The van der Waals surface area contributed by atoms with Crippen LogP contribution in [0.25, 0.3) is 0 Å². The van der Waals surface area contributed by atoms with E-state index in [2.05, 4.69) is 46.1 Å². The van der Waals surface area contributed by atoms with Crippen LogP contribution in [0.4, 0.5) is 0 Å². The zero-order valence-corrected chi connectivity index (χ0v) is 11.5. The molecule has 0 atom stereocenters. The molecule has 3 nitrogen and oxygen atoms in total. The van der Waals surface area contributed by atoms with E-state index >= 15 is 0 Å². The molecule has 1 aliphatic rings. The average molecular weight is 255 g/mol. The maximum absolute atomic E-state index is 4.26. The molecule has 100 valence electrons. The fourth-order valence-electron chi connectivity index (χ4n) is 2.48. The molecule has 1 aromatic heterocycles. The highest BCUT2D eigenvalue weighted by Gasteiger charge is 2.24. The quantitative estimate of drug-likeness (QED) is 0.804. The fourth-order valence-corrected chi connectivity index (χ4v) is 2.48. The van der Waals surface area contributed by atoms with E-state index in [0.29, 0.717) is 0 Å². The molecule has 1 N–H and O–H groups in total. The molecule has 19 heavy (non-hydrogen) atoms. The number of rotatable bonds is 6. The van der Waals surface area contributed by atoms with Crippen molar-refractivity contribution >= 4 is 0 Å². The summed E-state index contributed by atoms with van der Waals surface area (Å²) in [5.41, 5.74) is 4.13. The smallest absolute Gasteiger partial charge is 0.0951 e. The first-order valence-corrected chi connectivity index (χ1v) is 7.10. The second kappa shape index (κ2) is 5.57. The summed E-state index contributed by atoms with van der Waals surface area (Å²) in [6.45, 7) is 4.11. The third-order valence-corrected chi connectivity index (χ3v) is 3.83. The zero-order chi connectivity index (χ0) is 13.1.